The van der Waals surface area contributed by atoms with Crippen LogP contribution >= 0.6 is 23.4 Å². The van der Waals surface area contributed by atoms with E-state index in [0.29, 0.717) is 27.4 Å². The van der Waals surface area contributed by atoms with Crippen LogP contribution in [0.25, 0.3) is 11.4 Å². The Kier molecular flexibility index (Phi) is 4.49. The van der Waals surface area contributed by atoms with E-state index < -0.39 is 0 Å². The van der Waals surface area contributed by atoms with Crippen molar-refractivity contribution < 1.29 is 9.32 Å². The fourth-order valence-electron chi connectivity index (χ4n) is 1.79. The average Bonchev–Trinajstić information content (AvgIpc) is 3.16. The first-order valence-electron chi connectivity index (χ1n) is 6.43. The number of halogens is 1. The highest BCUT2D eigenvalue weighted by Crippen LogP contribution is 2.27. The number of hydrogen-bond acceptors (Lipinski definition) is 7. The Labute approximate surface area is 140 Å². The molecule has 3 N–H and O–H groups in total. The minimum absolute atomic E-state index is 0.102. The van der Waals surface area contributed by atoms with Crippen LogP contribution in [0.3, 0.4) is 0 Å². The van der Waals surface area contributed by atoms with Gasteiger partial charge < -0.3 is 15.7 Å². The molecule has 1 aromatic carbocycles. The van der Waals surface area contributed by atoms with Crippen molar-refractivity contribution in [3.63, 3.8) is 0 Å². The van der Waals surface area contributed by atoms with Gasteiger partial charge in [0, 0.05) is 11.6 Å². The molecule has 8 nitrogen and oxygen atoms in total. The van der Waals surface area contributed by atoms with Gasteiger partial charge in [0.2, 0.25) is 11.1 Å². The molecule has 23 heavy (non-hydrogen) atoms. The van der Waals surface area contributed by atoms with Crippen LogP contribution in [0.1, 0.15) is 0 Å². The van der Waals surface area contributed by atoms with Gasteiger partial charge >= 0.3 is 0 Å². The molecule has 0 saturated heterocycles. The number of amides is 1. The zero-order valence-electron chi connectivity index (χ0n) is 11.6. The number of nitrogen functional groups attached to an aromatic ring is 1. The van der Waals surface area contributed by atoms with E-state index in [-0.39, 0.29) is 11.7 Å². The summed E-state index contributed by atoms with van der Waals surface area (Å²) in [6, 6.07) is 8.72. The second-order valence-corrected chi connectivity index (χ2v) is 5.73. The van der Waals surface area contributed by atoms with Crippen LogP contribution in [-0.4, -0.2) is 31.7 Å². The Morgan fingerprint density at radius 2 is 2.17 bits per heavy atom. The highest BCUT2D eigenvalue weighted by Gasteiger charge is 2.15. The number of carbonyl (C=O) groups excluding carboxylic acids is 1. The van der Waals surface area contributed by atoms with Gasteiger partial charge in [-0.2, -0.15) is 0 Å². The molecule has 0 aliphatic heterocycles. The first-order chi connectivity index (χ1) is 11.1. The lowest BCUT2D eigenvalue weighted by atomic mass is 10.2. The molecule has 0 radical (unpaired) electrons. The van der Waals surface area contributed by atoms with Gasteiger partial charge in [-0.3, -0.25) is 4.79 Å². The molecule has 3 rings (SSSR count). The van der Waals surface area contributed by atoms with Crippen molar-refractivity contribution in [3.8, 4) is 11.4 Å². The van der Waals surface area contributed by atoms with Crippen LogP contribution in [-0.2, 0) is 4.79 Å². The molecule has 0 atom stereocenters. The van der Waals surface area contributed by atoms with Crippen molar-refractivity contribution >= 4 is 35.1 Å². The van der Waals surface area contributed by atoms with Crippen LogP contribution in [0.2, 0.25) is 5.02 Å². The predicted octanol–water partition coefficient (Wildman–Crippen LogP) is 2.03. The first-order valence-corrected chi connectivity index (χ1v) is 7.80. The summed E-state index contributed by atoms with van der Waals surface area (Å²) in [6.07, 6.45) is 1.37. The van der Waals surface area contributed by atoms with E-state index in [1.165, 1.54) is 10.9 Å². The van der Waals surface area contributed by atoms with Gasteiger partial charge in [0.05, 0.1) is 10.8 Å². The molecule has 10 heteroatoms. The van der Waals surface area contributed by atoms with E-state index in [9.17, 15) is 4.79 Å². The van der Waals surface area contributed by atoms with Crippen LogP contribution in [0.5, 0.6) is 0 Å². The lowest BCUT2D eigenvalue weighted by Crippen LogP contribution is -2.16. The summed E-state index contributed by atoms with van der Waals surface area (Å²) in [6.45, 7) is 0. The second kappa shape index (κ2) is 6.71. The van der Waals surface area contributed by atoms with Crippen LogP contribution in [0.15, 0.2) is 46.3 Å². The SMILES string of the molecule is Nn1c(SCC(=O)Nc2ccon2)nnc1-c1ccccc1Cl. The molecule has 0 bridgehead atoms. The van der Waals surface area contributed by atoms with Crippen molar-refractivity contribution in [2.24, 2.45) is 0 Å². The normalized spacial score (nSPS) is 10.7. The summed E-state index contributed by atoms with van der Waals surface area (Å²) in [4.78, 5) is 11.8. The van der Waals surface area contributed by atoms with Gasteiger partial charge in [-0.25, -0.2) is 4.68 Å². The molecule has 0 aliphatic carbocycles. The molecule has 2 heterocycles. The molecular weight excluding hydrogens is 340 g/mol. The van der Waals surface area contributed by atoms with Crippen LogP contribution in [0.4, 0.5) is 5.82 Å². The smallest absolute Gasteiger partial charge is 0.236 e. The van der Waals surface area contributed by atoms with Gasteiger partial charge in [0.1, 0.15) is 6.26 Å². The summed E-state index contributed by atoms with van der Waals surface area (Å²) in [5, 5.41) is 15.1. The molecule has 0 saturated carbocycles. The zero-order valence-corrected chi connectivity index (χ0v) is 13.2. The molecule has 0 spiro atoms. The first kappa shape index (κ1) is 15.4. The predicted molar refractivity (Wildman–Crippen MR) is 86.5 cm³/mol. The molecule has 0 unspecified atom stereocenters. The highest BCUT2D eigenvalue weighted by molar-refractivity contribution is 7.99. The van der Waals surface area contributed by atoms with Gasteiger partial charge in [-0.05, 0) is 12.1 Å². The van der Waals surface area contributed by atoms with E-state index in [1.54, 1.807) is 18.2 Å². The number of benzene rings is 1. The van der Waals surface area contributed by atoms with E-state index in [0.717, 1.165) is 11.8 Å². The van der Waals surface area contributed by atoms with Crippen molar-refractivity contribution in [3.05, 3.63) is 41.6 Å². The number of aromatic nitrogens is 4. The Morgan fingerprint density at radius 1 is 1.35 bits per heavy atom. The zero-order chi connectivity index (χ0) is 16.2. The Bertz CT molecular complexity index is 820. The Hall–Kier alpha value is -2.52. The monoisotopic (exact) mass is 350 g/mol. The van der Waals surface area contributed by atoms with E-state index >= 15 is 0 Å². The summed E-state index contributed by atoms with van der Waals surface area (Å²) in [7, 11) is 0. The van der Waals surface area contributed by atoms with Crippen LogP contribution < -0.4 is 11.2 Å². The van der Waals surface area contributed by atoms with Crippen LogP contribution in [0, 0.1) is 0 Å². The third-order valence-electron chi connectivity index (χ3n) is 2.82. The number of thioether (sulfide) groups is 1. The minimum atomic E-state index is -0.258. The summed E-state index contributed by atoms with van der Waals surface area (Å²) in [5.74, 6) is 6.60. The molecule has 0 fully saturated rings. The third kappa shape index (κ3) is 3.46. The highest BCUT2D eigenvalue weighted by atomic mass is 35.5. The topological polar surface area (TPSA) is 112 Å². The minimum Gasteiger partial charge on any atom is -0.363 e. The van der Waals surface area contributed by atoms with Gasteiger partial charge in [-0.1, -0.05) is 40.7 Å². The van der Waals surface area contributed by atoms with Gasteiger partial charge in [-0.15, -0.1) is 10.2 Å². The van der Waals surface area contributed by atoms with Crippen molar-refractivity contribution in [2.45, 2.75) is 5.16 Å². The lowest BCUT2D eigenvalue weighted by Gasteiger charge is -2.05. The summed E-state index contributed by atoms with van der Waals surface area (Å²) in [5.41, 5.74) is 0.670. The maximum atomic E-state index is 11.8. The summed E-state index contributed by atoms with van der Waals surface area (Å²) < 4.78 is 5.93. The number of nitrogens with zero attached hydrogens (tertiary/aromatic N) is 4. The maximum absolute atomic E-state index is 11.8. The second-order valence-electron chi connectivity index (χ2n) is 4.38. The average molecular weight is 351 g/mol. The maximum Gasteiger partial charge on any atom is 0.236 e. The number of nitrogens with one attached hydrogen (secondary N) is 1. The standard InChI is InChI=1S/C13H11ClN6O2S/c14-9-4-2-1-3-8(9)12-17-18-13(20(12)15)23-7-11(21)16-10-5-6-22-19-10/h1-6H,7,15H2,(H,16,19,21). The van der Waals surface area contributed by atoms with Gasteiger partial charge in [0.15, 0.2) is 11.6 Å². The third-order valence-corrected chi connectivity index (χ3v) is 4.09. The molecule has 2 aromatic heterocycles. The molecule has 118 valence electrons. The van der Waals surface area contributed by atoms with Crippen molar-refractivity contribution in [1.29, 1.82) is 0 Å². The Morgan fingerprint density at radius 3 is 2.91 bits per heavy atom. The Balaban J connectivity index is 1.68. The quantitative estimate of drug-likeness (QED) is 0.534. The molecule has 0 aliphatic rings. The van der Waals surface area contributed by atoms with E-state index in [4.69, 9.17) is 17.4 Å². The van der Waals surface area contributed by atoms with E-state index in [2.05, 4.69) is 25.2 Å². The van der Waals surface area contributed by atoms with Gasteiger partial charge in [0.25, 0.3) is 0 Å². The van der Waals surface area contributed by atoms with Crippen molar-refractivity contribution in [1.82, 2.24) is 20.0 Å². The van der Waals surface area contributed by atoms with E-state index in [1.807, 2.05) is 12.1 Å². The number of anilines is 1. The summed E-state index contributed by atoms with van der Waals surface area (Å²) >= 11 is 7.27. The fourth-order valence-corrected chi connectivity index (χ4v) is 2.66. The molecule has 1 amide bonds. The largest absolute Gasteiger partial charge is 0.363 e. The number of carbonyl (C=O) groups is 1. The number of hydrogen-bond donors (Lipinski definition) is 2. The number of nitrogens with two attached hydrogens (primary N) is 1. The fraction of sp³-hybridized carbons (Fsp3) is 0.0769. The molecular formula is C13H11ClN6O2S. The number of rotatable bonds is 5. The van der Waals surface area contributed by atoms with Crippen molar-refractivity contribution in [2.75, 3.05) is 16.9 Å². The molecule has 3 aromatic rings. The lowest BCUT2D eigenvalue weighted by molar-refractivity contribution is -0.113.